The first-order valence-electron chi connectivity index (χ1n) is 5.24. The molecule has 1 atom stereocenters. The van der Waals surface area contributed by atoms with Crippen LogP contribution in [0.3, 0.4) is 0 Å². The second-order valence-electron chi connectivity index (χ2n) is 4.43. The molecule has 0 saturated carbocycles. The quantitative estimate of drug-likeness (QED) is 0.759. The molecule has 0 bridgehead atoms. The van der Waals surface area contributed by atoms with Crippen LogP contribution >= 0.6 is 23.2 Å². The van der Waals surface area contributed by atoms with Gasteiger partial charge in [-0.05, 0) is 38.1 Å². The average molecular weight is 269 g/mol. The van der Waals surface area contributed by atoms with Gasteiger partial charge in [0.25, 0.3) is 0 Å². The van der Waals surface area contributed by atoms with Crippen LogP contribution in [0.25, 0.3) is 0 Å². The molecule has 1 aromatic rings. The number of halogens is 2. The predicted molar refractivity (Wildman–Crippen MR) is 68.3 cm³/mol. The van der Waals surface area contributed by atoms with E-state index in [0.717, 1.165) is 5.70 Å². The van der Waals surface area contributed by atoms with Crippen molar-refractivity contribution in [1.29, 1.82) is 0 Å². The van der Waals surface area contributed by atoms with Gasteiger partial charge in [0.05, 0.1) is 10.7 Å². The number of nitrogens with zero attached hydrogens (tertiary/aromatic N) is 2. The van der Waals surface area contributed by atoms with Crippen molar-refractivity contribution in [3.8, 4) is 0 Å². The van der Waals surface area contributed by atoms with Crippen LogP contribution in [0.4, 0.5) is 10.5 Å². The summed E-state index contributed by atoms with van der Waals surface area (Å²) in [5.74, 6) is 0. The number of fused-ring (bicyclic) bond motifs is 1. The van der Waals surface area contributed by atoms with E-state index < -0.39 is 0 Å². The minimum atomic E-state index is -0.362. The van der Waals surface area contributed by atoms with E-state index in [1.807, 2.05) is 19.9 Å². The summed E-state index contributed by atoms with van der Waals surface area (Å²) in [4.78, 5) is 15.4. The number of hydrogen-bond donors (Lipinski definition) is 0. The molecule has 0 aromatic heterocycles. The van der Waals surface area contributed by atoms with E-state index in [2.05, 4.69) is 0 Å². The number of carbonyl (C=O) groups excluding carboxylic acids is 1. The number of allylic oxidation sites excluding steroid dienone is 1. The van der Waals surface area contributed by atoms with Gasteiger partial charge >= 0.3 is 6.03 Å². The number of urea groups is 1. The summed E-state index contributed by atoms with van der Waals surface area (Å²) in [5.41, 5.74) is 1.32. The summed E-state index contributed by atoms with van der Waals surface area (Å²) >= 11 is 12.0. The zero-order chi connectivity index (χ0) is 12.4. The van der Waals surface area contributed by atoms with Crippen molar-refractivity contribution in [2.24, 2.45) is 0 Å². The molecule has 0 radical (unpaired) electrons. The Balaban J connectivity index is 2.05. The van der Waals surface area contributed by atoms with E-state index in [-0.39, 0.29) is 11.7 Å². The van der Waals surface area contributed by atoms with Gasteiger partial charge in [-0.3, -0.25) is 9.80 Å². The monoisotopic (exact) mass is 268 g/mol. The van der Waals surface area contributed by atoms with Gasteiger partial charge in [-0.1, -0.05) is 23.2 Å². The molecule has 2 heterocycles. The lowest BCUT2D eigenvalue weighted by atomic mass is 9.91. The van der Waals surface area contributed by atoms with Crippen LogP contribution in [0.5, 0.6) is 0 Å². The summed E-state index contributed by atoms with van der Waals surface area (Å²) in [7, 11) is 0. The van der Waals surface area contributed by atoms with Gasteiger partial charge in [0.2, 0.25) is 0 Å². The van der Waals surface area contributed by atoms with Crippen molar-refractivity contribution in [2.75, 3.05) is 4.90 Å². The second kappa shape index (κ2) is 3.18. The first-order chi connectivity index (χ1) is 7.95. The third-order valence-electron chi connectivity index (χ3n) is 3.27. The topological polar surface area (TPSA) is 23.6 Å². The SMILES string of the molecule is CC1=CC2(C)N1C(=O)N2c1ccc(Cl)cc1Cl. The normalized spacial score (nSPS) is 26.1. The number of carbonyl (C=O) groups is 1. The van der Waals surface area contributed by atoms with Crippen LogP contribution < -0.4 is 4.90 Å². The summed E-state index contributed by atoms with van der Waals surface area (Å²) in [6, 6.07) is 5.11. The Labute approximate surface area is 109 Å². The van der Waals surface area contributed by atoms with E-state index in [0.29, 0.717) is 15.7 Å². The summed E-state index contributed by atoms with van der Waals surface area (Å²) in [5, 5.41) is 1.05. The maximum atomic E-state index is 12.0. The summed E-state index contributed by atoms with van der Waals surface area (Å²) < 4.78 is 0. The van der Waals surface area contributed by atoms with Crippen LogP contribution in [0.2, 0.25) is 10.0 Å². The Morgan fingerprint density at radius 1 is 1.24 bits per heavy atom. The lowest BCUT2D eigenvalue weighted by molar-refractivity contribution is 0.0987. The zero-order valence-corrected chi connectivity index (χ0v) is 10.9. The lowest BCUT2D eigenvalue weighted by Gasteiger charge is -2.63. The van der Waals surface area contributed by atoms with E-state index >= 15 is 0 Å². The molecule has 1 unspecified atom stereocenters. The van der Waals surface area contributed by atoms with Crippen molar-refractivity contribution in [3.05, 3.63) is 40.0 Å². The number of anilines is 1. The molecule has 88 valence electrons. The highest BCUT2D eigenvalue weighted by molar-refractivity contribution is 6.37. The molecule has 1 fully saturated rings. The summed E-state index contributed by atoms with van der Waals surface area (Å²) in [6.45, 7) is 3.90. The molecule has 0 aliphatic carbocycles. The smallest absolute Gasteiger partial charge is 0.270 e. The molecular weight excluding hydrogens is 259 g/mol. The van der Waals surface area contributed by atoms with Gasteiger partial charge in [-0.15, -0.1) is 0 Å². The Hall–Kier alpha value is -1.19. The predicted octanol–water partition coefficient (Wildman–Crippen LogP) is 3.87. The Morgan fingerprint density at radius 3 is 2.47 bits per heavy atom. The molecule has 2 amide bonds. The van der Waals surface area contributed by atoms with Crippen LogP contribution in [0.15, 0.2) is 30.0 Å². The average Bonchev–Trinajstić information content (AvgIpc) is 2.20. The van der Waals surface area contributed by atoms with Crippen molar-refractivity contribution in [3.63, 3.8) is 0 Å². The number of benzene rings is 1. The summed E-state index contributed by atoms with van der Waals surface area (Å²) in [6.07, 6.45) is 2.04. The fourth-order valence-corrected chi connectivity index (χ4v) is 3.08. The third-order valence-corrected chi connectivity index (χ3v) is 3.81. The van der Waals surface area contributed by atoms with Crippen LogP contribution in [-0.2, 0) is 0 Å². The van der Waals surface area contributed by atoms with Crippen LogP contribution in [0, 0.1) is 0 Å². The van der Waals surface area contributed by atoms with Crippen molar-refractivity contribution in [1.82, 2.24) is 4.90 Å². The number of rotatable bonds is 1. The van der Waals surface area contributed by atoms with Gasteiger partial charge in [-0.25, -0.2) is 4.79 Å². The standard InChI is InChI=1S/C12H10Cl2N2O/c1-7-6-12(2)15(7)11(17)16(12)10-4-3-8(13)5-9(10)14/h3-6H,1-2H3. The molecule has 3 rings (SSSR count). The van der Waals surface area contributed by atoms with Crippen LogP contribution in [-0.4, -0.2) is 16.6 Å². The third kappa shape index (κ3) is 1.21. The Morgan fingerprint density at radius 2 is 1.94 bits per heavy atom. The van der Waals surface area contributed by atoms with E-state index in [1.165, 1.54) is 0 Å². The highest BCUT2D eigenvalue weighted by Gasteiger charge is 2.60. The van der Waals surface area contributed by atoms with Gasteiger partial charge in [0, 0.05) is 10.7 Å². The molecule has 2 aliphatic heterocycles. The van der Waals surface area contributed by atoms with E-state index in [9.17, 15) is 4.79 Å². The Bertz CT molecular complexity index is 570. The molecule has 5 heteroatoms. The molecular formula is C12H10Cl2N2O. The minimum absolute atomic E-state index is 0.0447. The second-order valence-corrected chi connectivity index (χ2v) is 5.27. The van der Waals surface area contributed by atoms with E-state index in [4.69, 9.17) is 23.2 Å². The van der Waals surface area contributed by atoms with Crippen LogP contribution in [0.1, 0.15) is 13.8 Å². The molecule has 3 nitrogen and oxygen atoms in total. The fraction of sp³-hybridized carbons (Fsp3) is 0.250. The molecule has 17 heavy (non-hydrogen) atoms. The maximum absolute atomic E-state index is 12.0. The molecule has 0 spiro atoms. The van der Waals surface area contributed by atoms with Gasteiger partial charge in [0.1, 0.15) is 5.66 Å². The van der Waals surface area contributed by atoms with Crippen molar-refractivity contribution < 1.29 is 4.79 Å². The van der Waals surface area contributed by atoms with Gasteiger partial charge < -0.3 is 0 Å². The maximum Gasteiger partial charge on any atom is 0.333 e. The highest BCUT2D eigenvalue weighted by atomic mass is 35.5. The van der Waals surface area contributed by atoms with Gasteiger partial charge in [0.15, 0.2) is 0 Å². The largest absolute Gasteiger partial charge is 0.333 e. The molecule has 1 aromatic carbocycles. The molecule has 0 N–H and O–H groups in total. The number of amides is 2. The fourth-order valence-electron chi connectivity index (χ4n) is 2.58. The first kappa shape index (κ1) is 10.9. The molecule has 2 aliphatic rings. The van der Waals surface area contributed by atoms with Crippen molar-refractivity contribution >= 4 is 34.9 Å². The zero-order valence-electron chi connectivity index (χ0n) is 9.37. The highest BCUT2D eigenvalue weighted by Crippen LogP contribution is 2.49. The van der Waals surface area contributed by atoms with Gasteiger partial charge in [-0.2, -0.15) is 0 Å². The van der Waals surface area contributed by atoms with E-state index in [1.54, 1.807) is 28.0 Å². The first-order valence-corrected chi connectivity index (χ1v) is 6.00. The Kier molecular flexibility index (Phi) is 2.04. The lowest BCUT2D eigenvalue weighted by Crippen LogP contribution is -2.79. The minimum Gasteiger partial charge on any atom is -0.270 e. The number of hydrogen-bond acceptors (Lipinski definition) is 1. The van der Waals surface area contributed by atoms with Crippen molar-refractivity contribution in [2.45, 2.75) is 19.5 Å². The molecule has 1 saturated heterocycles.